The van der Waals surface area contributed by atoms with Crippen LogP contribution in [0.2, 0.25) is 5.02 Å². The molecule has 116 valence electrons. The van der Waals surface area contributed by atoms with Crippen LogP contribution in [0.25, 0.3) is 0 Å². The lowest BCUT2D eigenvalue weighted by Crippen LogP contribution is -2.24. The molecule has 1 aromatic carbocycles. The first-order valence-electron chi connectivity index (χ1n) is 6.92. The maximum Gasteiger partial charge on any atom is 0.277 e. The van der Waals surface area contributed by atoms with Gasteiger partial charge in [-0.1, -0.05) is 17.7 Å². The summed E-state index contributed by atoms with van der Waals surface area (Å²) < 4.78 is 7.37. The summed E-state index contributed by atoms with van der Waals surface area (Å²) in [5, 5.41) is 4.46. The van der Waals surface area contributed by atoms with Gasteiger partial charge in [0.05, 0.1) is 6.21 Å². The number of ether oxygens (including phenoxy) is 1. The van der Waals surface area contributed by atoms with E-state index in [0.717, 1.165) is 5.56 Å². The van der Waals surface area contributed by atoms with Gasteiger partial charge in [0.15, 0.2) is 6.61 Å². The van der Waals surface area contributed by atoms with Gasteiger partial charge >= 0.3 is 0 Å². The summed E-state index contributed by atoms with van der Waals surface area (Å²) in [7, 11) is 0. The summed E-state index contributed by atoms with van der Waals surface area (Å²) in [4.78, 5) is 11.6. The molecule has 0 saturated carbocycles. The Morgan fingerprint density at radius 2 is 2.27 bits per heavy atom. The van der Waals surface area contributed by atoms with E-state index < -0.39 is 0 Å². The lowest BCUT2D eigenvalue weighted by molar-refractivity contribution is -0.123. The average molecular weight is 320 g/mol. The van der Waals surface area contributed by atoms with Gasteiger partial charge in [0.1, 0.15) is 5.75 Å². The van der Waals surface area contributed by atoms with Crippen molar-refractivity contribution in [1.29, 1.82) is 0 Å². The van der Waals surface area contributed by atoms with E-state index in [1.807, 2.05) is 18.5 Å². The molecular formula is C16H18ClN3O2. The van der Waals surface area contributed by atoms with Crippen molar-refractivity contribution in [1.82, 2.24) is 9.99 Å². The van der Waals surface area contributed by atoms with Crippen LogP contribution in [0.1, 0.15) is 25.5 Å². The number of hydrogen-bond donors (Lipinski definition) is 1. The van der Waals surface area contributed by atoms with Crippen LogP contribution in [-0.2, 0) is 4.79 Å². The van der Waals surface area contributed by atoms with E-state index in [0.29, 0.717) is 16.8 Å². The zero-order valence-corrected chi connectivity index (χ0v) is 13.2. The SMILES string of the molecule is CC(C)n1ccc(/C=N/NC(=O)COc2cccc(Cl)c2)c1. The molecule has 2 rings (SSSR count). The van der Waals surface area contributed by atoms with Gasteiger partial charge in [-0.05, 0) is 38.1 Å². The predicted molar refractivity (Wildman–Crippen MR) is 87.5 cm³/mol. The molecule has 1 aromatic heterocycles. The molecule has 2 aromatic rings. The fraction of sp³-hybridized carbons (Fsp3) is 0.250. The molecule has 0 radical (unpaired) electrons. The van der Waals surface area contributed by atoms with Crippen molar-refractivity contribution in [2.24, 2.45) is 5.10 Å². The Morgan fingerprint density at radius 3 is 2.95 bits per heavy atom. The molecule has 0 fully saturated rings. The average Bonchev–Trinajstić information content (AvgIpc) is 2.94. The third kappa shape index (κ3) is 4.93. The van der Waals surface area contributed by atoms with Crippen LogP contribution in [0.4, 0.5) is 0 Å². The molecule has 1 amide bonds. The lowest BCUT2D eigenvalue weighted by atomic mass is 10.3. The van der Waals surface area contributed by atoms with Crippen LogP contribution in [-0.4, -0.2) is 23.3 Å². The van der Waals surface area contributed by atoms with Crippen molar-refractivity contribution < 1.29 is 9.53 Å². The molecule has 1 heterocycles. The first-order chi connectivity index (χ1) is 10.5. The topological polar surface area (TPSA) is 55.6 Å². The molecule has 5 nitrogen and oxygen atoms in total. The van der Waals surface area contributed by atoms with E-state index in [-0.39, 0.29) is 12.5 Å². The van der Waals surface area contributed by atoms with Crippen LogP contribution in [0.3, 0.4) is 0 Å². The van der Waals surface area contributed by atoms with Gasteiger partial charge in [0, 0.05) is 29.0 Å². The van der Waals surface area contributed by atoms with Crippen LogP contribution in [0.15, 0.2) is 47.8 Å². The standard InChI is InChI=1S/C16H18ClN3O2/c1-12(2)20-7-6-13(10-20)9-18-19-16(21)11-22-15-5-3-4-14(17)8-15/h3-10,12H,11H2,1-2H3,(H,19,21)/b18-9+. The first kappa shape index (κ1) is 16.1. The smallest absolute Gasteiger partial charge is 0.277 e. The van der Waals surface area contributed by atoms with Crippen molar-refractivity contribution >= 4 is 23.7 Å². The minimum atomic E-state index is -0.334. The maximum absolute atomic E-state index is 11.6. The van der Waals surface area contributed by atoms with Crippen molar-refractivity contribution in [3.05, 3.63) is 53.3 Å². The number of nitrogens with one attached hydrogen (secondary N) is 1. The van der Waals surface area contributed by atoms with Gasteiger partial charge in [-0.2, -0.15) is 5.10 Å². The van der Waals surface area contributed by atoms with Gasteiger partial charge in [-0.15, -0.1) is 0 Å². The summed E-state index contributed by atoms with van der Waals surface area (Å²) in [6.07, 6.45) is 5.52. The molecule has 0 atom stereocenters. The number of carbonyl (C=O) groups is 1. The van der Waals surface area contributed by atoms with Gasteiger partial charge in [-0.25, -0.2) is 5.43 Å². The van der Waals surface area contributed by atoms with Crippen LogP contribution in [0, 0.1) is 0 Å². The van der Waals surface area contributed by atoms with Gasteiger partial charge in [0.25, 0.3) is 5.91 Å². The molecule has 0 saturated heterocycles. The van der Waals surface area contributed by atoms with E-state index in [9.17, 15) is 4.79 Å². The zero-order chi connectivity index (χ0) is 15.9. The summed E-state index contributed by atoms with van der Waals surface area (Å²) in [6.45, 7) is 4.07. The summed E-state index contributed by atoms with van der Waals surface area (Å²) in [5.41, 5.74) is 3.34. The van der Waals surface area contributed by atoms with Crippen molar-refractivity contribution in [2.75, 3.05) is 6.61 Å². The quantitative estimate of drug-likeness (QED) is 0.656. The number of hydrogen-bond acceptors (Lipinski definition) is 3. The fourth-order valence-corrected chi connectivity index (χ4v) is 1.92. The Balaban J connectivity index is 1.78. The summed E-state index contributed by atoms with van der Waals surface area (Å²) >= 11 is 5.83. The normalized spacial score (nSPS) is 11.1. The predicted octanol–water partition coefficient (Wildman–Crippen LogP) is 3.25. The Kier molecular flexibility index (Phi) is 5.61. The zero-order valence-electron chi connectivity index (χ0n) is 12.5. The van der Waals surface area contributed by atoms with E-state index >= 15 is 0 Å². The molecule has 0 unspecified atom stereocenters. The maximum atomic E-state index is 11.6. The van der Waals surface area contributed by atoms with E-state index in [1.165, 1.54) is 0 Å². The first-order valence-corrected chi connectivity index (χ1v) is 7.30. The van der Waals surface area contributed by atoms with Gasteiger partial charge < -0.3 is 9.30 Å². The fourth-order valence-electron chi connectivity index (χ4n) is 1.74. The number of carbonyl (C=O) groups excluding carboxylic acids is 1. The number of hydrazone groups is 1. The van der Waals surface area contributed by atoms with E-state index in [2.05, 4.69) is 28.9 Å². The lowest BCUT2D eigenvalue weighted by Gasteiger charge is -2.05. The minimum absolute atomic E-state index is 0.120. The highest BCUT2D eigenvalue weighted by atomic mass is 35.5. The molecule has 0 aliphatic heterocycles. The van der Waals surface area contributed by atoms with Crippen molar-refractivity contribution in [3.8, 4) is 5.75 Å². The molecule has 0 aliphatic rings. The number of nitrogens with zero attached hydrogens (tertiary/aromatic N) is 2. The second kappa shape index (κ2) is 7.66. The molecular weight excluding hydrogens is 302 g/mol. The Hall–Kier alpha value is -2.27. The minimum Gasteiger partial charge on any atom is -0.484 e. The Labute approximate surface area is 134 Å². The molecule has 6 heteroatoms. The highest BCUT2D eigenvalue weighted by molar-refractivity contribution is 6.30. The summed E-state index contributed by atoms with van der Waals surface area (Å²) in [6, 6.07) is 9.19. The highest BCUT2D eigenvalue weighted by Gasteiger charge is 2.02. The Bertz CT molecular complexity index is 665. The summed E-state index contributed by atoms with van der Waals surface area (Å²) in [5.74, 6) is 0.208. The number of benzene rings is 1. The number of aromatic nitrogens is 1. The van der Waals surface area contributed by atoms with Crippen LogP contribution >= 0.6 is 11.6 Å². The van der Waals surface area contributed by atoms with E-state index in [4.69, 9.17) is 16.3 Å². The third-order valence-electron chi connectivity index (χ3n) is 2.90. The third-order valence-corrected chi connectivity index (χ3v) is 3.14. The molecule has 22 heavy (non-hydrogen) atoms. The Morgan fingerprint density at radius 1 is 1.45 bits per heavy atom. The number of amides is 1. The van der Waals surface area contributed by atoms with E-state index in [1.54, 1.807) is 30.5 Å². The molecule has 0 bridgehead atoms. The van der Waals surface area contributed by atoms with Crippen LogP contribution < -0.4 is 10.2 Å². The van der Waals surface area contributed by atoms with Crippen molar-refractivity contribution in [2.45, 2.75) is 19.9 Å². The molecule has 0 aliphatic carbocycles. The highest BCUT2D eigenvalue weighted by Crippen LogP contribution is 2.16. The van der Waals surface area contributed by atoms with Crippen LogP contribution in [0.5, 0.6) is 5.75 Å². The second-order valence-electron chi connectivity index (χ2n) is 5.03. The molecule has 0 spiro atoms. The second-order valence-corrected chi connectivity index (χ2v) is 5.46. The van der Waals surface area contributed by atoms with Gasteiger partial charge in [-0.3, -0.25) is 4.79 Å². The number of rotatable bonds is 6. The largest absolute Gasteiger partial charge is 0.484 e. The number of halogens is 1. The molecule has 1 N–H and O–H groups in total. The van der Waals surface area contributed by atoms with Gasteiger partial charge in [0.2, 0.25) is 0 Å². The van der Waals surface area contributed by atoms with Crippen molar-refractivity contribution in [3.63, 3.8) is 0 Å². The monoisotopic (exact) mass is 319 g/mol.